The monoisotopic (exact) mass is 334 g/mol. The Balaban J connectivity index is 1.68. The normalized spacial score (nSPS) is 9.62. The molecule has 0 aliphatic rings. The van der Waals surface area contributed by atoms with E-state index in [9.17, 15) is 0 Å². The van der Waals surface area contributed by atoms with Crippen molar-refractivity contribution in [2.24, 2.45) is 0 Å². The van der Waals surface area contributed by atoms with Crippen molar-refractivity contribution in [1.82, 2.24) is 0 Å². The van der Waals surface area contributed by atoms with Crippen LogP contribution in [0.15, 0.2) is 72.8 Å². The van der Waals surface area contributed by atoms with Crippen molar-refractivity contribution in [1.29, 1.82) is 0 Å². The molecule has 0 heterocycles. The Labute approximate surface area is 156 Å². The molecular formula is C26H22. The van der Waals surface area contributed by atoms with E-state index in [0.717, 1.165) is 35.1 Å². The second-order valence-electron chi connectivity index (χ2n) is 6.18. The zero-order valence-electron chi connectivity index (χ0n) is 15.3. The third-order valence-electron chi connectivity index (χ3n) is 4.31. The van der Waals surface area contributed by atoms with Crippen molar-refractivity contribution in [2.75, 3.05) is 0 Å². The van der Waals surface area contributed by atoms with Crippen LogP contribution in [0, 0.1) is 23.7 Å². The van der Waals surface area contributed by atoms with E-state index >= 15 is 0 Å². The van der Waals surface area contributed by atoms with Gasteiger partial charge in [-0.15, -0.1) is 0 Å². The third kappa shape index (κ3) is 4.89. The number of hydrogen-bond donors (Lipinski definition) is 0. The molecule has 126 valence electrons. The third-order valence-corrected chi connectivity index (χ3v) is 4.31. The van der Waals surface area contributed by atoms with Crippen molar-refractivity contribution in [3.63, 3.8) is 0 Å². The summed E-state index contributed by atoms with van der Waals surface area (Å²) < 4.78 is 0. The topological polar surface area (TPSA) is 0 Å². The Morgan fingerprint density at radius 3 is 0.885 bits per heavy atom. The minimum Gasteiger partial charge on any atom is -0.0617 e. The lowest BCUT2D eigenvalue weighted by Gasteiger charge is -1.96. The molecule has 0 N–H and O–H groups in total. The maximum Gasteiger partial charge on any atom is 0.0249 e. The summed E-state index contributed by atoms with van der Waals surface area (Å²) in [6.45, 7) is 4.32. The lowest BCUT2D eigenvalue weighted by molar-refractivity contribution is 1.14. The van der Waals surface area contributed by atoms with E-state index < -0.39 is 0 Å². The predicted molar refractivity (Wildman–Crippen MR) is 110 cm³/mol. The van der Waals surface area contributed by atoms with Gasteiger partial charge < -0.3 is 0 Å². The molecule has 0 aromatic heterocycles. The zero-order valence-corrected chi connectivity index (χ0v) is 15.3. The number of aryl methyl sites for hydroxylation is 2. The van der Waals surface area contributed by atoms with E-state index in [2.05, 4.69) is 86.1 Å². The second kappa shape index (κ2) is 8.75. The molecule has 26 heavy (non-hydrogen) atoms. The van der Waals surface area contributed by atoms with Gasteiger partial charge >= 0.3 is 0 Å². The SMILES string of the molecule is CCc1ccc(C#Cc2ccc(C#Cc3ccc(CC)cc3)cc2)cc1. The van der Waals surface area contributed by atoms with Gasteiger partial charge in [-0.05, 0) is 72.5 Å². The summed E-state index contributed by atoms with van der Waals surface area (Å²) >= 11 is 0. The van der Waals surface area contributed by atoms with Crippen molar-refractivity contribution in [3.8, 4) is 23.7 Å². The molecule has 0 heteroatoms. The molecule has 0 atom stereocenters. The zero-order chi connectivity index (χ0) is 18.2. The summed E-state index contributed by atoms with van der Waals surface area (Å²) in [7, 11) is 0. The van der Waals surface area contributed by atoms with E-state index in [1.165, 1.54) is 11.1 Å². The predicted octanol–water partition coefficient (Wildman–Crippen LogP) is 5.61. The van der Waals surface area contributed by atoms with Crippen LogP contribution in [0.3, 0.4) is 0 Å². The fraction of sp³-hybridized carbons (Fsp3) is 0.154. The molecule has 3 rings (SSSR count). The van der Waals surface area contributed by atoms with Crippen molar-refractivity contribution < 1.29 is 0 Å². The Kier molecular flexibility index (Phi) is 5.92. The second-order valence-corrected chi connectivity index (χ2v) is 6.18. The molecule has 0 spiro atoms. The van der Waals surface area contributed by atoms with Crippen LogP contribution in [0.1, 0.15) is 47.2 Å². The van der Waals surface area contributed by atoms with Crippen LogP contribution in [0.2, 0.25) is 0 Å². The largest absolute Gasteiger partial charge is 0.0617 e. The van der Waals surface area contributed by atoms with Crippen LogP contribution < -0.4 is 0 Å². The Morgan fingerprint density at radius 2 is 0.654 bits per heavy atom. The molecule has 0 amide bonds. The average Bonchev–Trinajstić information content (AvgIpc) is 2.72. The van der Waals surface area contributed by atoms with Crippen molar-refractivity contribution in [2.45, 2.75) is 26.7 Å². The van der Waals surface area contributed by atoms with Gasteiger partial charge in [0.25, 0.3) is 0 Å². The van der Waals surface area contributed by atoms with E-state index in [4.69, 9.17) is 0 Å². The Morgan fingerprint density at radius 1 is 0.423 bits per heavy atom. The van der Waals surface area contributed by atoms with Crippen LogP contribution in [-0.2, 0) is 12.8 Å². The standard InChI is InChI=1S/C26H22/c1-3-21-5-9-23(10-6-21)13-15-25-17-19-26(20-18-25)16-14-24-11-7-22(4-2)8-12-24/h5-12,17-20H,3-4H2,1-2H3. The first-order valence-corrected chi connectivity index (χ1v) is 9.09. The summed E-state index contributed by atoms with van der Waals surface area (Å²) in [4.78, 5) is 0. The molecule has 3 aromatic carbocycles. The Bertz CT molecular complexity index is 880. The van der Waals surface area contributed by atoms with Gasteiger partial charge in [-0.25, -0.2) is 0 Å². The minimum absolute atomic E-state index is 1.00. The van der Waals surface area contributed by atoms with Gasteiger partial charge in [0, 0.05) is 22.3 Å². The lowest BCUT2D eigenvalue weighted by atomic mass is 10.1. The smallest absolute Gasteiger partial charge is 0.0249 e. The molecule has 0 saturated carbocycles. The van der Waals surface area contributed by atoms with Crippen LogP contribution in [0.4, 0.5) is 0 Å². The molecule has 0 aliphatic heterocycles. The van der Waals surface area contributed by atoms with Gasteiger partial charge in [-0.2, -0.15) is 0 Å². The summed E-state index contributed by atoms with van der Waals surface area (Å²) in [6, 6.07) is 25.0. The van der Waals surface area contributed by atoms with Gasteiger partial charge in [0.15, 0.2) is 0 Å². The quantitative estimate of drug-likeness (QED) is 0.534. The van der Waals surface area contributed by atoms with Crippen LogP contribution >= 0.6 is 0 Å². The minimum atomic E-state index is 1.00. The molecule has 0 radical (unpaired) electrons. The molecule has 0 fully saturated rings. The van der Waals surface area contributed by atoms with E-state index in [0.29, 0.717) is 0 Å². The highest BCUT2D eigenvalue weighted by molar-refractivity contribution is 5.48. The highest BCUT2D eigenvalue weighted by Gasteiger charge is 1.92. The highest BCUT2D eigenvalue weighted by atomic mass is 14.0. The molecule has 0 bridgehead atoms. The first-order valence-electron chi connectivity index (χ1n) is 9.09. The van der Waals surface area contributed by atoms with Crippen molar-refractivity contribution >= 4 is 0 Å². The highest BCUT2D eigenvalue weighted by Crippen LogP contribution is 2.07. The summed E-state index contributed by atoms with van der Waals surface area (Å²) in [5.41, 5.74) is 6.76. The summed E-state index contributed by atoms with van der Waals surface area (Å²) in [6.07, 6.45) is 2.11. The molecular weight excluding hydrogens is 312 g/mol. The molecule has 3 aromatic rings. The molecule has 0 unspecified atom stereocenters. The maximum absolute atomic E-state index is 3.21. The summed E-state index contributed by atoms with van der Waals surface area (Å²) in [5, 5.41) is 0. The van der Waals surface area contributed by atoms with E-state index in [1.807, 2.05) is 24.3 Å². The molecule has 0 aliphatic carbocycles. The van der Waals surface area contributed by atoms with Gasteiger partial charge in [0.05, 0.1) is 0 Å². The van der Waals surface area contributed by atoms with Gasteiger partial charge in [0.1, 0.15) is 0 Å². The molecule has 0 saturated heterocycles. The first kappa shape index (κ1) is 17.6. The Hall–Kier alpha value is -3.22. The van der Waals surface area contributed by atoms with E-state index in [1.54, 1.807) is 0 Å². The molecule has 0 nitrogen and oxygen atoms in total. The van der Waals surface area contributed by atoms with Gasteiger partial charge in [-0.1, -0.05) is 61.8 Å². The van der Waals surface area contributed by atoms with Crippen LogP contribution in [-0.4, -0.2) is 0 Å². The van der Waals surface area contributed by atoms with Crippen molar-refractivity contribution in [3.05, 3.63) is 106 Å². The average molecular weight is 334 g/mol. The number of benzene rings is 3. The fourth-order valence-corrected chi connectivity index (χ4v) is 2.57. The summed E-state index contributed by atoms with van der Waals surface area (Å²) in [5.74, 6) is 12.9. The van der Waals surface area contributed by atoms with Gasteiger partial charge in [-0.3, -0.25) is 0 Å². The maximum atomic E-state index is 3.21. The first-order chi connectivity index (χ1) is 12.8. The van der Waals surface area contributed by atoms with Crippen LogP contribution in [0.5, 0.6) is 0 Å². The van der Waals surface area contributed by atoms with Crippen LogP contribution in [0.25, 0.3) is 0 Å². The lowest BCUT2D eigenvalue weighted by Crippen LogP contribution is -1.82. The number of hydrogen-bond acceptors (Lipinski definition) is 0. The van der Waals surface area contributed by atoms with E-state index in [-0.39, 0.29) is 0 Å². The van der Waals surface area contributed by atoms with Gasteiger partial charge in [0.2, 0.25) is 0 Å². The number of rotatable bonds is 2. The fourth-order valence-electron chi connectivity index (χ4n) is 2.57.